The third-order valence-corrected chi connectivity index (χ3v) is 7.05. The van der Waals surface area contributed by atoms with Gasteiger partial charge in [-0.15, -0.1) is 0 Å². The van der Waals surface area contributed by atoms with Gasteiger partial charge in [0.05, 0.1) is 29.0 Å². The lowest BCUT2D eigenvalue weighted by molar-refractivity contribution is -0.385. The predicted molar refractivity (Wildman–Crippen MR) is 146 cm³/mol. The first-order valence-electron chi connectivity index (χ1n) is 11.7. The van der Waals surface area contributed by atoms with Crippen LogP contribution in [0.15, 0.2) is 89.8 Å². The van der Waals surface area contributed by atoms with Crippen molar-refractivity contribution in [3.8, 4) is 11.5 Å². The molecule has 0 saturated carbocycles. The van der Waals surface area contributed by atoms with Crippen molar-refractivity contribution in [2.45, 2.75) is 13.2 Å². The normalized spacial score (nSPS) is 14.3. The number of rotatable bonds is 8. The molecule has 38 heavy (non-hydrogen) atoms. The van der Waals surface area contributed by atoms with Gasteiger partial charge in [-0.05, 0) is 57.9 Å². The summed E-state index contributed by atoms with van der Waals surface area (Å²) in [6.07, 6.45) is 1.64. The molecule has 2 amide bonds. The molecule has 190 valence electrons. The van der Waals surface area contributed by atoms with Crippen LogP contribution in [0.4, 0.5) is 10.5 Å². The van der Waals surface area contributed by atoms with E-state index in [1.165, 1.54) is 18.1 Å². The van der Waals surface area contributed by atoms with Gasteiger partial charge in [-0.25, -0.2) is 0 Å². The Balaban J connectivity index is 1.33. The summed E-state index contributed by atoms with van der Waals surface area (Å²) in [5, 5.41) is 13.0. The second-order valence-corrected chi connectivity index (χ2v) is 9.48. The zero-order valence-electron chi connectivity index (χ0n) is 20.3. The number of thioether (sulfide) groups is 1. The number of nitro groups is 1. The Morgan fingerprint density at radius 3 is 2.47 bits per heavy atom. The van der Waals surface area contributed by atoms with Crippen LogP contribution >= 0.6 is 11.8 Å². The lowest BCUT2D eigenvalue weighted by Gasteiger charge is -2.14. The number of imide groups is 1. The molecule has 0 bridgehead atoms. The highest BCUT2D eigenvalue weighted by Gasteiger charge is 2.35. The Hall–Kier alpha value is -4.63. The molecule has 0 atom stereocenters. The number of methoxy groups -OCH3 is 1. The van der Waals surface area contributed by atoms with Crippen LogP contribution in [-0.4, -0.2) is 28.1 Å². The first kappa shape index (κ1) is 25.0. The number of amides is 2. The highest BCUT2D eigenvalue weighted by atomic mass is 32.2. The van der Waals surface area contributed by atoms with E-state index in [-0.39, 0.29) is 30.0 Å². The van der Waals surface area contributed by atoms with Crippen LogP contribution < -0.4 is 9.47 Å². The number of nitro benzene ring substituents is 1. The molecule has 1 saturated heterocycles. The summed E-state index contributed by atoms with van der Waals surface area (Å²) in [4.78, 5) is 38.2. The quantitative estimate of drug-likeness (QED) is 0.145. The molecule has 1 aliphatic heterocycles. The molecule has 0 spiro atoms. The van der Waals surface area contributed by atoms with Crippen LogP contribution in [0.5, 0.6) is 11.5 Å². The van der Waals surface area contributed by atoms with Gasteiger partial charge in [0.1, 0.15) is 6.61 Å². The molecule has 4 aromatic carbocycles. The minimum absolute atomic E-state index is 0.0140. The lowest BCUT2D eigenvalue weighted by atomic mass is 10.0. The zero-order valence-corrected chi connectivity index (χ0v) is 21.1. The summed E-state index contributed by atoms with van der Waals surface area (Å²) in [5.74, 6) is 0.433. The van der Waals surface area contributed by atoms with Crippen LogP contribution in [0.25, 0.3) is 16.8 Å². The largest absolute Gasteiger partial charge is 0.493 e. The molecule has 0 radical (unpaired) electrons. The summed E-state index contributed by atoms with van der Waals surface area (Å²) >= 11 is 0.893. The maximum absolute atomic E-state index is 13.1. The van der Waals surface area contributed by atoms with E-state index in [1.54, 1.807) is 42.5 Å². The van der Waals surface area contributed by atoms with Gasteiger partial charge >= 0.3 is 0 Å². The van der Waals surface area contributed by atoms with Crippen LogP contribution in [0.3, 0.4) is 0 Å². The summed E-state index contributed by atoms with van der Waals surface area (Å²) in [6, 6.07) is 25.1. The third kappa shape index (κ3) is 5.09. The average Bonchev–Trinajstić information content (AvgIpc) is 3.19. The SMILES string of the molecule is COc1cc(/C=C2\SC(=O)N(Cc3cccc4ccccc34)C2=O)ccc1OCc1ccccc1[N+](=O)[O-]. The maximum Gasteiger partial charge on any atom is 0.293 e. The molecule has 5 rings (SSSR count). The standard InChI is InChI=1S/C29H22N2O6S/c1-36-26-15-19(13-14-25(26)37-18-22-8-3-5-12-24(22)31(34)35)16-27-28(32)30(29(33)38-27)17-21-10-6-9-20-7-2-4-11-23(20)21/h2-16H,17-18H2,1H3/b27-16-. The molecule has 0 aromatic heterocycles. The minimum Gasteiger partial charge on any atom is -0.493 e. The van der Waals surface area contributed by atoms with E-state index in [2.05, 4.69) is 0 Å². The van der Waals surface area contributed by atoms with Gasteiger partial charge in [0.25, 0.3) is 16.8 Å². The fourth-order valence-electron chi connectivity index (χ4n) is 4.25. The number of ether oxygens (including phenoxy) is 2. The van der Waals surface area contributed by atoms with Crippen molar-refractivity contribution < 1.29 is 24.0 Å². The van der Waals surface area contributed by atoms with Gasteiger partial charge in [-0.1, -0.05) is 60.7 Å². The predicted octanol–water partition coefficient (Wildman–Crippen LogP) is 6.57. The molecular weight excluding hydrogens is 504 g/mol. The Labute approximate surface area is 222 Å². The van der Waals surface area contributed by atoms with Crippen LogP contribution in [-0.2, 0) is 17.9 Å². The van der Waals surface area contributed by atoms with Crippen molar-refractivity contribution in [1.82, 2.24) is 4.90 Å². The minimum atomic E-state index is -0.452. The van der Waals surface area contributed by atoms with Crippen molar-refractivity contribution in [1.29, 1.82) is 0 Å². The molecule has 1 heterocycles. The summed E-state index contributed by atoms with van der Waals surface area (Å²) in [7, 11) is 1.48. The monoisotopic (exact) mass is 526 g/mol. The number of hydrogen-bond acceptors (Lipinski definition) is 7. The Morgan fingerprint density at radius 1 is 0.921 bits per heavy atom. The molecule has 9 heteroatoms. The highest BCUT2D eigenvalue weighted by Crippen LogP contribution is 2.36. The molecule has 8 nitrogen and oxygen atoms in total. The molecule has 1 fully saturated rings. The summed E-state index contributed by atoms with van der Waals surface area (Å²) in [5.41, 5.74) is 1.95. The number of carbonyl (C=O) groups is 2. The van der Waals surface area contributed by atoms with E-state index in [1.807, 2.05) is 42.5 Å². The van der Waals surface area contributed by atoms with Crippen molar-refractivity contribution in [3.63, 3.8) is 0 Å². The second-order valence-electron chi connectivity index (χ2n) is 8.49. The van der Waals surface area contributed by atoms with E-state index in [0.717, 1.165) is 28.1 Å². The number of para-hydroxylation sites is 1. The molecule has 0 aliphatic carbocycles. The topological polar surface area (TPSA) is 99.0 Å². The van der Waals surface area contributed by atoms with E-state index >= 15 is 0 Å². The molecule has 0 unspecified atom stereocenters. The highest BCUT2D eigenvalue weighted by molar-refractivity contribution is 8.18. The molecule has 4 aromatic rings. The second kappa shape index (κ2) is 10.8. The Kier molecular flexibility index (Phi) is 7.10. The summed E-state index contributed by atoms with van der Waals surface area (Å²) < 4.78 is 11.3. The van der Waals surface area contributed by atoms with E-state index in [4.69, 9.17) is 9.47 Å². The summed E-state index contributed by atoms with van der Waals surface area (Å²) in [6.45, 7) is 0.172. The third-order valence-electron chi connectivity index (χ3n) is 6.14. The smallest absolute Gasteiger partial charge is 0.293 e. The van der Waals surface area contributed by atoms with Crippen molar-refractivity contribution in [3.05, 3.63) is 117 Å². The van der Waals surface area contributed by atoms with Gasteiger partial charge in [-0.2, -0.15) is 0 Å². The first-order chi connectivity index (χ1) is 18.4. The van der Waals surface area contributed by atoms with E-state index in [0.29, 0.717) is 27.5 Å². The number of carbonyl (C=O) groups excluding carboxylic acids is 2. The number of benzene rings is 4. The average molecular weight is 527 g/mol. The van der Waals surface area contributed by atoms with Gasteiger partial charge in [0.2, 0.25) is 0 Å². The Morgan fingerprint density at radius 2 is 1.66 bits per heavy atom. The molecular formula is C29H22N2O6S. The number of fused-ring (bicyclic) bond motifs is 1. The maximum atomic E-state index is 13.1. The van der Waals surface area contributed by atoms with Crippen molar-refractivity contribution >= 4 is 45.4 Å². The van der Waals surface area contributed by atoms with Gasteiger partial charge in [0, 0.05) is 6.07 Å². The van der Waals surface area contributed by atoms with Gasteiger partial charge in [-0.3, -0.25) is 24.6 Å². The van der Waals surface area contributed by atoms with Crippen LogP contribution in [0, 0.1) is 10.1 Å². The van der Waals surface area contributed by atoms with Crippen LogP contribution in [0.1, 0.15) is 16.7 Å². The lowest BCUT2D eigenvalue weighted by Crippen LogP contribution is -2.27. The molecule has 1 aliphatic rings. The van der Waals surface area contributed by atoms with E-state index < -0.39 is 4.92 Å². The van der Waals surface area contributed by atoms with Gasteiger partial charge in [0.15, 0.2) is 11.5 Å². The fraction of sp³-hybridized carbons (Fsp3) is 0.103. The van der Waals surface area contributed by atoms with Crippen LogP contribution in [0.2, 0.25) is 0 Å². The van der Waals surface area contributed by atoms with E-state index in [9.17, 15) is 19.7 Å². The number of nitrogens with zero attached hydrogens (tertiary/aromatic N) is 2. The fourth-order valence-corrected chi connectivity index (χ4v) is 5.09. The van der Waals surface area contributed by atoms with Crippen molar-refractivity contribution in [2.24, 2.45) is 0 Å². The zero-order chi connectivity index (χ0) is 26.6. The first-order valence-corrected chi connectivity index (χ1v) is 12.5. The van der Waals surface area contributed by atoms with Gasteiger partial charge < -0.3 is 9.47 Å². The molecule has 0 N–H and O–H groups in total. The Bertz CT molecular complexity index is 1590. The number of hydrogen-bond donors (Lipinski definition) is 0. The van der Waals surface area contributed by atoms with Crippen molar-refractivity contribution in [2.75, 3.05) is 7.11 Å².